The van der Waals surface area contributed by atoms with Crippen molar-refractivity contribution in [3.63, 3.8) is 0 Å². The highest BCUT2D eigenvalue weighted by molar-refractivity contribution is 9.10. The summed E-state index contributed by atoms with van der Waals surface area (Å²) in [5.74, 6) is -0.243. The second-order valence-corrected chi connectivity index (χ2v) is 10.2. The first-order valence-electron chi connectivity index (χ1n) is 9.33. The van der Waals surface area contributed by atoms with Crippen molar-refractivity contribution in [1.82, 2.24) is 14.6 Å². The molecule has 0 aliphatic carbocycles. The van der Waals surface area contributed by atoms with Crippen molar-refractivity contribution in [2.24, 2.45) is 5.10 Å². The second-order valence-electron chi connectivity index (χ2n) is 6.87. The third kappa shape index (κ3) is 5.89. The maximum Gasteiger partial charge on any atom is 0.254 e. The molecule has 0 spiro atoms. The molecule has 30 heavy (non-hydrogen) atoms. The molecule has 0 atom stereocenters. The minimum absolute atomic E-state index is 0.156. The Bertz CT molecular complexity index is 1020. The first-order chi connectivity index (χ1) is 14.3. The number of piperazine rings is 1. The fraction of sp³-hybridized carbons (Fsp3) is 0.300. The number of rotatable bonds is 6. The Morgan fingerprint density at radius 3 is 2.27 bits per heavy atom. The molecule has 1 N–H and O–H groups in total. The largest absolute Gasteiger partial charge is 0.292 e. The Hall–Kier alpha value is -1.78. The molecular formula is C20H22BrClN4O3S. The molecule has 0 radical (unpaired) electrons. The summed E-state index contributed by atoms with van der Waals surface area (Å²) in [6.07, 6.45) is 0. The van der Waals surface area contributed by atoms with E-state index in [1.54, 1.807) is 43.3 Å². The molecule has 10 heteroatoms. The van der Waals surface area contributed by atoms with Gasteiger partial charge in [0, 0.05) is 35.7 Å². The third-order valence-corrected chi connectivity index (χ3v) is 7.45. The maximum absolute atomic E-state index is 12.7. The van der Waals surface area contributed by atoms with Crippen molar-refractivity contribution in [1.29, 1.82) is 0 Å². The molecule has 1 heterocycles. The van der Waals surface area contributed by atoms with E-state index in [-0.39, 0.29) is 17.3 Å². The van der Waals surface area contributed by atoms with Crippen molar-refractivity contribution < 1.29 is 13.2 Å². The Morgan fingerprint density at radius 2 is 1.67 bits per heavy atom. The first kappa shape index (κ1) is 22.9. The van der Waals surface area contributed by atoms with Crippen LogP contribution in [0.5, 0.6) is 0 Å². The number of carbonyl (C=O) groups is 1. The van der Waals surface area contributed by atoms with Gasteiger partial charge in [0.15, 0.2) is 0 Å². The number of hydrogen-bond donors (Lipinski definition) is 1. The zero-order valence-corrected chi connectivity index (χ0v) is 19.5. The summed E-state index contributed by atoms with van der Waals surface area (Å²) in [6, 6.07) is 13.8. The summed E-state index contributed by atoms with van der Waals surface area (Å²) in [6.45, 7) is 3.57. The van der Waals surface area contributed by atoms with E-state index in [9.17, 15) is 13.2 Å². The van der Waals surface area contributed by atoms with E-state index in [1.165, 1.54) is 4.31 Å². The molecule has 3 rings (SSSR count). The number of nitrogens with zero attached hydrogens (tertiary/aromatic N) is 3. The Labute approximate surface area is 189 Å². The molecule has 0 aromatic heterocycles. The van der Waals surface area contributed by atoms with E-state index >= 15 is 0 Å². The highest BCUT2D eigenvalue weighted by Gasteiger charge is 2.29. The molecule has 1 aliphatic heterocycles. The lowest BCUT2D eigenvalue weighted by Gasteiger charge is -2.33. The molecule has 0 unspecified atom stereocenters. The van der Waals surface area contributed by atoms with Crippen LogP contribution in [0.3, 0.4) is 0 Å². The zero-order valence-electron chi connectivity index (χ0n) is 16.4. The van der Waals surface area contributed by atoms with E-state index in [0.717, 1.165) is 10.0 Å². The molecule has 1 amide bonds. The molecule has 1 saturated heterocycles. The van der Waals surface area contributed by atoms with Gasteiger partial charge in [0.05, 0.1) is 17.2 Å². The number of benzene rings is 2. The highest BCUT2D eigenvalue weighted by Crippen LogP contribution is 2.20. The number of halogens is 2. The van der Waals surface area contributed by atoms with Crippen LogP contribution in [0, 0.1) is 0 Å². The van der Waals surface area contributed by atoms with Crippen LogP contribution in [-0.2, 0) is 14.8 Å². The molecule has 2 aromatic rings. The summed E-state index contributed by atoms with van der Waals surface area (Å²) < 4.78 is 27.8. The van der Waals surface area contributed by atoms with Gasteiger partial charge in [-0.25, -0.2) is 13.8 Å². The molecule has 2 aromatic carbocycles. The average molecular weight is 514 g/mol. The molecular weight excluding hydrogens is 492 g/mol. The second kappa shape index (κ2) is 10.0. The molecule has 0 saturated carbocycles. The number of nitrogens with one attached hydrogen (secondary N) is 1. The summed E-state index contributed by atoms with van der Waals surface area (Å²) in [4.78, 5) is 14.4. The summed E-state index contributed by atoms with van der Waals surface area (Å²) in [7, 11) is -3.53. The number of sulfonamides is 1. The number of amides is 1. The minimum atomic E-state index is -3.53. The van der Waals surface area contributed by atoms with Crippen molar-refractivity contribution in [3.8, 4) is 0 Å². The minimum Gasteiger partial charge on any atom is -0.292 e. The van der Waals surface area contributed by atoms with Crippen molar-refractivity contribution >= 4 is 49.2 Å². The number of hydrogen-bond acceptors (Lipinski definition) is 5. The van der Waals surface area contributed by atoms with Gasteiger partial charge in [0.2, 0.25) is 10.0 Å². The zero-order chi connectivity index (χ0) is 21.7. The van der Waals surface area contributed by atoms with Gasteiger partial charge < -0.3 is 0 Å². The van der Waals surface area contributed by atoms with E-state index in [2.05, 4.69) is 26.5 Å². The van der Waals surface area contributed by atoms with Crippen LogP contribution in [0.4, 0.5) is 0 Å². The molecule has 1 aliphatic rings. The van der Waals surface area contributed by atoms with Gasteiger partial charge in [0.25, 0.3) is 5.91 Å². The normalized spacial score (nSPS) is 16.4. The lowest BCUT2D eigenvalue weighted by molar-refractivity contribution is -0.122. The van der Waals surface area contributed by atoms with Gasteiger partial charge in [-0.05, 0) is 48.9 Å². The van der Waals surface area contributed by atoms with Crippen LogP contribution < -0.4 is 5.43 Å². The molecule has 0 bridgehead atoms. The molecule has 160 valence electrons. The quantitative estimate of drug-likeness (QED) is 0.476. The SMILES string of the molecule is C/C(=N/NC(=O)CN1CCN(S(=O)(=O)c2ccc(Br)cc2)CC1)c1ccc(Cl)cc1. The van der Waals surface area contributed by atoms with Gasteiger partial charge >= 0.3 is 0 Å². The van der Waals surface area contributed by atoms with Crippen LogP contribution >= 0.6 is 27.5 Å². The summed E-state index contributed by atoms with van der Waals surface area (Å²) >= 11 is 9.18. The summed E-state index contributed by atoms with van der Waals surface area (Å²) in [5, 5.41) is 4.76. The van der Waals surface area contributed by atoms with Gasteiger partial charge in [-0.1, -0.05) is 39.7 Å². The number of carbonyl (C=O) groups excluding carboxylic acids is 1. The first-order valence-corrected chi connectivity index (χ1v) is 11.9. The van der Waals surface area contributed by atoms with Gasteiger partial charge in [-0.2, -0.15) is 9.41 Å². The van der Waals surface area contributed by atoms with Gasteiger partial charge in [-0.3, -0.25) is 9.69 Å². The van der Waals surface area contributed by atoms with Crippen LogP contribution in [0.25, 0.3) is 0 Å². The van der Waals surface area contributed by atoms with E-state index in [4.69, 9.17) is 11.6 Å². The fourth-order valence-electron chi connectivity index (χ4n) is 3.02. The number of hydrazone groups is 1. The Morgan fingerprint density at radius 1 is 1.07 bits per heavy atom. The van der Waals surface area contributed by atoms with E-state index < -0.39 is 10.0 Å². The predicted octanol–water partition coefficient (Wildman–Crippen LogP) is 2.95. The van der Waals surface area contributed by atoms with Gasteiger partial charge in [0.1, 0.15) is 0 Å². The maximum atomic E-state index is 12.7. The van der Waals surface area contributed by atoms with Crippen LogP contribution in [0.2, 0.25) is 5.02 Å². The van der Waals surface area contributed by atoms with Crippen molar-refractivity contribution in [2.45, 2.75) is 11.8 Å². The molecule has 7 nitrogen and oxygen atoms in total. The summed E-state index contributed by atoms with van der Waals surface area (Å²) in [5.41, 5.74) is 4.09. The molecule has 1 fully saturated rings. The monoisotopic (exact) mass is 512 g/mol. The topological polar surface area (TPSA) is 82.1 Å². The van der Waals surface area contributed by atoms with Crippen LogP contribution in [-0.4, -0.2) is 62.0 Å². The van der Waals surface area contributed by atoms with Crippen molar-refractivity contribution in [2.75, 3.05) is 32.7 Å². The third-order valence-electron chi connectivity index (χ3n) is 4.76. The van der Waals surface area contributed by atoms with Crippen LogP contribution in [0.15, 0.2) is 63.0 Å². The standard InChI is InChI=1S/C20H22BrClN4O3S/c1-15(16-2-6-18(22)7-3-16)23-24-20(27)14-25-10-12-26(13-11-25)30(28,29)19-8-4-17(21)5-9-19/h2-9H,10-14H2,1H3,(H,24,27)/b23-15-. The fourth-order valence-corrected chi connectivity index (χ4v) is 4.84. The van der Waals surface area contributed by atoms with Gasteiger partial charge in [-0.15, -0.1) is 0 Å². The smallest absolute Gasteiger partial charge is 0.254 e. The van der Waals surface area contributed by atoms with E-state index in [1.807, 2.05) is 17.0 Å². The highest BCUT2D eigenvalue weighted by atomic mass is 79.9. The average Bonchev–Trinajstić information content (AvgIpc) is 2.73. The van der Waals surface area contributed by atoms with Crippen LogP contribution in [0.1, 0.15) is 12.5 Å². The van der Waals surface area contributed by atoms with E-state index in [0.29, 0.717) is 36.9 Å². The van der Waals surface area contributed by atoms with Crippen molar-refractivity contribution in [3.05, 3.63) is 63.6 Å². The Balaban J connectivity index is 1.50. The Kier molecular flexibility index (Phi) is 7.65. The predicted molar refractivity (Wildman–Crippen MR) is 121 cm³/mol. The lowest BCUT2D eigenvalue weighted by atomic mass is 10.1. The lowest BCUT2D eigenvalue weighted by Crippen LogP contribution is -2.50.